The van der Waals surface area contributed by atoms with E-state index in [1.807, 2.05) is 20.0 Å². The van der Waals surface area contributed by atoms with E-state index in [0.29, 0.717) is 6.61 Å². The normalized spacial score (nSPS) is 12.5. The molecular formula is C14H23ClN2O2. The predicted molar refractivity (Wildman–Crippen MR) is 78.1 cm³/mol. The quantitative estimate of drug-likeness (QED) is 0.589. The van der Waals surface area contributed by atoms with Crippen molar-refractivity contribution in [3.05, 3.63) is 23.0 Å². The van der Waals surface area contributed by atoms with Crippen LogP contribution in [-0.2, 0) is 11.3 Å². The number of aryl methyl sites for hydroxylation is 1. The third-order valence-corrected chi connectivity index (χ3v) is 3.37. The summed E-state index contributed by atoms with van der Waals surface area (Å²) < 4.78 is 10.4. The van der Waals surface area contributed by atoms with E-state index in [-0.39, 0.29) is 5.38 Å². The van der Waals surface area contributed by atoms with Gasteiger partial charge in [-0.3, -0.25) is 4.98 Å². The van der Waals surface area contributed by atoms with Gasteiger partial charge in [-0.15, -0.1) is 11.6 Å². The van der Waals surface area contributed by atoms with Gasteiger partial charge in [-0.25, -0.2) is 0 Å². The first-order valence-electron chi connectivity index (χ1n) is 6.43. The molecule has 1 rings (SSSR count). The van der Waals surface area contributed by atoms with Crippen LogP contribution in [0.3, 0.4) is 0 Å². The Morgan fingerprint density at radius 2 is 2.11 bits per heavy atom. The lowest BCUT2D eigenvalue weighted by Crippen LogP contribution is -2.21. The average Bonchev–Trinajstić information content (AvgIpc) is 2.38. The van der Waals surface area contributed by atoms with Gasteiger partial charge in [0.1, 0.15) is 5.75 Å². The van der Waals surface area contributed by atoms with Gasteiger partial charge in [0.25, 0.3) is 0 Å². The van der Waals surface area contributed by atoms with Gasteiger partial charge in [-0.2, -0.15) is 0 Å². The van der Waals surface area contributed by atoms with Crippen LogP contribution in [0.5, 0.6) is 5.75 Å². The standard InChI is InChI=1S/C14H23ClN2O2/c1-10-7-17-13(11(2)14(10)19-4)8-16-6-5-12(15)9-18-3/h7,12,16H,5-6,8-9H2,1-4H3. The van der Waals surface area contributed by atoms with Crippen molar-refractivity contribution < 1.29 is 9.47 Å². The summed E-state index contributed by atoms with van der Waals surface area (Å²) in [6.45, 7) is 6.18. The molecule has 5 heteroatoms. The Balaban J connectivity index is 2.46. The Morgan fingerprint density at radius 3 is 2.74 bits per heavy atom. The number of methoxy groups -OCH3 is 2. The molecule has 0 spiro atoms. The van der Waals surface area contributed by atoms with Crippen LogP contribution in [0.15, 0.2) is 6.20 Å². The maximum Gasteiger partial charge on any atom is 0.128 e. The van der Waals surface area contributed by atoms with Crippen molar-refractivity contribution in [3.63, 3.8) is 0 Å². The lowest BCUT2D eigenvalue weighted by molar-refractivity contribution is 0.195. The summed E-state index contributed by atoms with van der Waals surface area (Å²) in [5, 5.41) is 3.40. The number of hydrogen-bond donors (Lipinski definition) is 1. The third kappa shape index (κ3) is 4.97. The maximum atomic E-state index is 6.06. The van der Waals surface area contributed by atoms with Crippen molar-refractivity contribution in [3.8, 4) is 5.75 Å². The minimum absolute atomic E-state index is 0.0547. The molecule has 0 fully saturated rings. The van der Waals surface area contributed by atoms with Crippen molar-refractivity contribution in [2.24, 2.45) is 0 Å². The number of hydrogen-bond acceptors (Lipinski definition) is 4. The third-order valence-electron chi connectivity index (χ3n) is 3.02. The van der Waals surface area contributed by atoms with Gasteiger partial charge in [0, 0.05) is 31.0 Å². The van der Waals surface area contributed by atoms with Crippen molar-refractivity contribution in [2.75, 3.05) is 27.4 Å². The van der Waals surface area contributed by atoms with Gasteiger partial charge in [-0.1, -0.05) is 0 Å². The Morgan fingerprint density at radius 1 is 1.37 bits per heavy atom. The molecule has 1 N–H and O–H groups in total. The van der Waals surface area contributed by atoms with Crippen molar-refractivity contribution in [2.45, 2.75) is 32.2 Å². The Kier molecular flexibility index (Phi) is 7.13. The predicted octanol–water partition coefficient (Wildman–Crippen LogP) is 2.44. The van der Waals surface area contributed by atoms with Crippen LogP contribution in [0, 0.1) is 13.8 Å². The summed E-state index contributed by atoms with van der Waals surface area (Å²) in [5.74, 6) is 0.918. The molecule has 0 aromatic carbocycles. The molecule has 108 valence electrons. The number of nitrogens with zero attached hydrogens (tertiary/aromatic N) is 1. The van der Waals surface area contributed by atoms with Crippen molar-refractivity contribution >= 4 is 11.6 Å². The monoisotopic (exact) mass is 286 g/mol. The van der Waals surface area contributed by atoms with E-state index in [4.69, 9.17) is 21.1 Å². The zero-order chi connectivity index (χ0) is 14.3. The Hall–Kier alpha value is -0.840. The van der Waals surface area contributed by atoms with Crippen molar-refractivity contribution in [1.29, 1.82) is 0 Å². The highest BCUT2D eigenvalue weighted by molar-refractivity contribution is 6.20. The highest BCUT2D eigenvalue weighted by atomic mass is 35.5. The summed E-state index contributed by atoms with van der Waals surface area (Å²) in [6, 6.07) is 0. The molecular weight excluding hydrogens is 264 g/mol. The largest absolute Gasteiger partial charge is 0.496 e. The van der Waals surface area contributed by atoms with E-state index in [2.05, 4.69) is 10.3 Å². The molecule has 0 aliphatic carbocycles. The fourth-order valence-electron chi connectivity index (χ4n) is 1.98. The zero-order valence-corrected chi connectivity index (χ0v) is 12.9. The fraction of sp³-hybridized carbons (Fsp3) is 0.643. The molecule has 0 radical (unpaired) electrons. The molecule has 1 unspecified atom stereocenters. The molecule has 1 atom stereocenters. The maximum absolute atomic E-state index is 6.06. The molecule has 4 nitrogen and oxygen atoms in total. The summed E-state index contributed by atoms with van der Waals surface area (Å²) in [5.41, 5.74) is 3.17. The Labute approximate surface area is 120 Å². The minimum Gasteiger partial charge on any atom is -0.496 e. The fourth-order valence-corrected chi connectivity index (χ4v) is 2.21. The van der Waals surface area contributed by atoms with E-state index < -0.39 is 0 Å². The number of ether oxygens (including phenoxy) is 2. The van der Waals surface area contributed by atoms with E-state index in [1.165, 1.54) is 0 Å². The molecule has 1 aromatic heterocycles. The second-order valence-corrected chi connectivity index (χ2v) is 5.18. The van der Waals surface area contributed by atoms with Gasteiger partial charge < -0.3 is 14.8 Å². The number of aromatic nitrogens is 1. The van der Waals surface area contributed by atoms with Crippen LogP contribution < -0.4 is 10.1 Å². The van der Waals surface area contributed by atoms with E-state index >= 15 is 0 Å². The molecule has 1 heterocycles. The second kappa shape index (κ2) is 8.35. The molecule has 0 amide bonds. The van der Waals surface area contributed by atoms with E-state index in [0.717, 1.165) is 42.1 Å². The van der Waals surface area contributed by atoms with Gasteiger partial charge in [0.15, 0.2) is 0 Å². The van der Waals surface area contributed by atoms with Gasteiger partial charge in [0.05, 0.1) is 24.8 Å². The first-order valence-corrected chi connectivity index (χ1v) is 6.86. The minimum atomic E-state index is 0.0547. The van der Waals surface area contributed by atoms with Gasteiger partial charge in [-0.05, 0) is 26.8 Å². The van der Waals surface area contributed by atoms with Crippen LogP contribution in [0.2, 0.25) is 0 Å². The molecule has 19 heavy (non-hydrogen) atoms. The molecule has 0 aliphatic heterocycles. The topological polar surface area (TPSA) is 43.4 Å². The van der Waals surface area contributed by atoms with E-state index in [9.17, 15) is 0 Å². The van der Waals surface area contributed by atoms with Crippen molar-refractivity contribution in [1.82, 2.24) is 10.3 Å². The highest BCUT2D eigenvalue weighted by Crippen LogP contribution is 2.23. The first kappa shape index (κ1) is 16.2. The SMILES string of the molecule is COCC(Cl)CCNCc1ncc(C)c(OC)c1C. The summed E-state index contributed by atoms with van der Waals surface area (Å²) in [7, 11) is 3.35. The Bertz CT molecular complexity index is 399. The van der Waals surface area contributed by atoms with Crippen LogP contribution in [0.1, 0.15) is 23.2 Å². The highest BCUT2D eigenvalue weighted by Gasteiger charge is 2.09. The summed E-state index contributed by atoms with van der Waals surface area (Å²) >= 11 is 6.06. The van der Waals surface area contributed by atoms with Crippen LogP contribution in [0.25, 0.3) is 0 Å². The van der Waals surface area contributed by atoms with Gasteiger partial charge >= 0.3 is 0 Å². The molecule has 0 aliphatic rings. The smallest absolute Gasteiger partial charge is 0.128 e. The van der Waals surface area contributed by atoms with Gasteiger partial charge in [0.2, 0.25) is 0 Å². The van der Waals surface area contributed by atoms with Crippen LogP contribution in [0.4, 0.5) is 0 Å². The van der Waals surface area contributed by atoms with Crippen LogP contribution >= 0.6 is 11.6 Å². The molecule has 0 saturated carbocycles. The van der Waals surface area contributed by atoms with Crippen LogP contribution in [-0.4, -0.2) is 37.7 Å². The molecule has 0 bridgehead atoms. The second-order valence-electron chi connectivity index (χ2n) is 4.56. The first-order chi connectivity index (χ1) is 9.10. The molecule has 0 saturated heterocycles. The zero-order valence-electron chi connectivity index (χ0n) is 12.1. The summed E-state index contributed by atoms with van der Waals surface area (Å²) in [4.78, 5) is 4.44. The number of nitrogens with one attached hydrogen (secondary N) is 1. The number of pyridine rings is 1. The number of rotatable bonds is 8. The molecule has 1 aromatic rings. The van der Waals surface area contributed by atoms with E-state index in [1.54, 1.807) is 14.2 Å². The number of halogens is 1. The number of alkyl halides is 1. The lowest BCUT2D eigenvalue weighted by atomic mass is 10.1. The summed E-state index contributed by atoms with van der Waals surface area (Å²) in [6.07, 6.45) is 2.72. The average molecular weight is 287 g/mol. The lowest BCUT2D eigenvalue weighted by Gasteiger charge is -2.13.